The molecule has 2 N–H and O–H groups in total. The standard InChI is InChI=1S/C14H19F2NO/c1-9(2)14(15,16)8-18-7-12-5-10(3)11(4)6-13(12)17/h5-6H,1,7-8,17H2,2-4H3. The number of nitrogen functional groups attached to an aromatic ring is 1. The highest BCUT2D eigenvalue weighted by Gasteiger charge is 2.30. The third-order valence-electron chi connectivity index (χ3n) is 2.92. The van der Waals surface area contributed by atoms with E-state index in [4.69, 9.17) is 10.5 Å². The molecule has 100 valence electrons. The number of ether oxygens (including phenoxy) is 1. The number of hydrogen-bond acceptors (Lipinski definition) is 2. The molecule has 0 unspecified atom stereocenters. The molecule has 4 heteroatoms. The zero-order chi connectivity index (χ0) is 13.9. The molecule has 0 saturated heterocycles. The molecule has 0 saturated carbocycles. The minimum absolute atomic E-state index is 0.0792. The predicted molar refractivity (Wildman–Crippen MR) is 69.7 cm³/mol. The van der Waals surface area contributed by atoms with Gasteiger partial charge in [-0.3, -0.25) is 0 Å². The number of rotatable bonds is 5. The average Bonchev–Trinajstić information content (AvgIpc) is 2.25. The van der Waals surface area contributed by atoms with Crippen molar-refractivity contribution in [2.75, 3.05) is 12.3 Å². The van der Waals surface area contributed by atoms with Crippen LogP contribution in [0.2, 0.25) is 0 Å². The molecule has 0 aliphatic carbocycles. The van der Waals surface area contributed by atoms with Crippen LogP contribution in [0.4, 0.5) is 14.5 Å². The van der Waals surface area contributed by atoms with Gasteiger partial charge in [-0.25, -0.2) is 0 Å². The monoisotopic (exact) mass is 255 g/mol. The van der Waals surface area contributed by atoms with Gasteiger partial charge in [0.2, 0.25) is 0 Å². The van der Waals surface area contributed by atoms with Crippen molar-refractivity contribution in [2.24, 2.45) is 0 Å². The average molecular weight is 255 g/mol. The molecule has 1 aromatic rings. The third kappa shape index (κ3) is 3.53. The van der Waals surface area contributed by atoms with Gasteiger partial charge in [-0.15, -0.1) is 0 Å². The maximum Gasteiger partial charge on any atom is 0.291 e. The summed E-state index contributed by atoms with van der Waals surface area (Å²) in [5.74, 6) is -2.99. The van der Waals surface area contributed by atoms with Crippen LogP contribution >= 0.6 is 0 Å². The Morgan fingerprint density at radius 2 is 1.89 bits per heavy atom. The lowest BCUT2D eigenvalue weighted by molar-refractivity contribution is -0.0535. The van der Waals surface area contributed by atoms with Crippen LogP contribution in [0, 0.1) is 13.8 Å². The largest absolute Gasteiger partial charge is 0.398 e. The second-order valence-electron chi connectivity index (χ2n) is 4.61. The SMILES string of the molecule is C=C(C)C(F)(F)COCc1cc(C)c(C)cc1N. The molecule has 0 spiro atoms. The van der Waals surface area contributed by atoms with Gasteiger partial charge in [-0.05, 0) is 43.5 Å². The molecule has 0 aliphatic heterocycles. The first-order chi connectivity index (χ1) is 8.24. The minimum Gasteiger partial charge on any atom is -0.398 e. The summed E-state index contributed by atoms with van der Waals surface area (Å²) in [5, 5.41) is 0. The van der Waals surface area contributed by atoms with E-state index in [0.29, 0.717) is 5.69 Å². The Labute approximate surface area is 106 Å². The fraction of sp³-hybridized carbons (Fsp3) is 0.429. The lowest BCUT2D eigenvalue weighted by Gasteiger charge is -2.17. The fourth-order valence-corrected chi connectivity index (χ4v) is 1.44. The van der Waals surface area contributed by atoms with E-state index in [0.717, 1.165) is 16.7 Å². The molecule has 0 heterocycles. The van der Waals surface area contributed by atoms with Crippen molar-refractivity contribution >= 4 is 5.69 Å². The fourth-order valence-electron chi connectivity index (χ4n) is 1.44. The van der Waals surface area contributed by atoms with E-state index in [1.54, 1.807) is 0 Å². The lowest BCUT2D eigenvalue weighted by Crippen LogP contribution is -2.24. The highest BCUT2D eigenvalue weighted by molar-refractivity contribution is 5.51. The summed E-state index contributed by atoms with van der Waals surface area (Å²) >= 11 is 0. The van der Waals surface area contributed by atoms with Crippen LogP contribution in [0.1, 0.15) is 23.6 Å². The normalized spacial score (nSPS) is 11.6. The first kappa shape index (κ1) is 14.6. The number of hydrogen-bond donors (Lipinski definition) is 1. The van der Waals surface area contributed by atoms with Gasteiger partial charge in [0.25, 0.3) is 5.92 Å². The number of benzene rings is 1. The van der Waals surface area contributed by atoms with Gasteiger partial charge >= 0.3 is 0 Å². The van der Waals surface area contributed by atoms with Crippen molar-refractivity contribution in [3.05, 3.63) is 41.0 Å². The van der Waals surface area contributed by atoms with Gasteiger partial charge in [0, 0.05) is 11.3 Å². The van der Waals surface area contributed by atoms with Crippen molar-refractivity contribution < 1.29 is 13.5 Å². The molecule has 0 radical (unpaired) electrons. The Bertz CT molecular complexity index is 455. The van der Waals surface area contributed by atoms with Crippen molar-refractivity contribution in [1.82, 2.24) is 0 Å². The third-order valence-corrected chi connectivity index (χ3v) is 2.92. The van der Waals surface area contributed by atoms with Gasteiger partial charge in [-0.2, -0.15) is 8.78 Å². The van der Waals surface area contributed by atoms with Gasteiger partial charge < -0.3 is 10.5 Å². The molecule has 0 aromatic heterocycles. The molecular formula is C14H19F2NO. The van der Waals surface area contributed by atoms with E-state index < -0.39 is 12.5 Å². The number of halogens is 2. The maximum absolute atomic E-state index is 13.2. The highest BCUT2D eigenvalue weighted by Crippen LogP contribution is 2.24. The van der Waals surface area contributed by atoms with E-state index in [9.17, 15) is 8.78 Å². The van der Waals surface area contributed by atoms with Gasteiger partial charge in [0.15, 0.2) is 0 Å². The van der Waals surface area contributed by atoms with Crippen LogP contribution in [-0.4, -0.2) is 12.5 Å². The highest BCUT2D eigenvalue weighted by atomic mass is 19.3. The molecule has 0 aliphatic rings. The van der Waals surface area contributed by atoms with Crippen LogP contribution in [0.15, 0.2) is 24.3 Å². The number of anilines is 1. The van der Waals surface area contributed by atoms with Crippen LogP contribution in [0.3, 0.4) is 0 Å². The summed E-state index contributed by atoms with van der Waals surface area (Å²) in [6, 6.07) is 3.69. The van der Waals surface area contributed by atoms with Gasteiger partial charge in [-0.1, -0.05) is 12.6 Å². The summed E-state index contributed by atoms with van der Waals surface area (Å²) < 4.78 is 31.5. The topological polar surface area (TPSA) is 35.2 Å². The zero-order valence-electron chi connectivity index (χ0n) is 11.0. The Morgan fingerprint density at radius 1 is 1.33 bits per heavy atom. The lowest BCUT2D eigenvalue weighted by atomic mass is 10.0. The minimum atomic E-state index is -2.99. The molecular weight excluding hydrogens is 236 g/mol. The van der Waals surface area contributed by atoms with Crippen molar-refractivity contribution in [1.29, 1.82) is 0 Å². The van der Waals surface area contributed by atoms with Crippen molar-refractivity contribution in [3.63, 3.8) is 0 Å². The molecule has 0 amide bonds. The number of nitrogens with two attached hydrogens (primary N) is 1. The molecule has 0 fully saturated rings. The molecule has 2 nitrogen and oxygen atoms in total. The first-order valence-corrected chi connectivity index (χ1v) is 5.71. The van der Waals surface area contributed by atoms with Gasteiger partial charge in [0.05, 0.1) is 6.61 Å². The zero-order valence-corrected chi connectivity index (χ0v) is 11.0. The summed E-state index contributed by atoms with van der Waals surface area (Å²) in [5.41, 5.74) is 9.05. The molecule has 1 aromatic carbocycles. The number of alkyl halides is 2. The molecule has 18 heavy (non-hydrogen) atoms. The summed E-state index contributed by atoms with van der Waals surface area (Å²) in [6.07, 6.45) is 0. The first-order valence-electron chi connectivity index (χ1n) is 5.71. The second kappa shape index (κ2) is 5.48. The van der Waals surface area contributed by atoms with E-state index in [-0.39, 0.29) is 12.2 Å². The number of aryl methyl sites for hydroxylation is 2. The summed E-state index contributed by atoms with van der Waals surface area (Å²) in [6.45, 7) is 7.83. The Balaban J connectivity index is 2.65. The molecule has 0 bridgehead atoms. The Hall–Kier alpha value is -1.42. The van der Waals surface area contributed by atoms with Crippen LogP contribution < -0.4 is 5.73 Å². The van der Waals surface area contributed by atoms with Crippen molar-refractivity contribution in [2.45, 2.75) is 33.3 Å². The van der Waals surface area contributed by atoms with E-state index in [2.05, 4.69) is 6.58 Å². The van der Waals surface area contributed by atoms with E-state index in [1.807, 2.05) is 26.0 Å². The van der Waals surface area contributed by atoms with Crippen molar-refractivity contribution in [3.8, 4) is 0 Å². The smallest absolute Gasteiger partial charge is 0.291 e. The van der Waals surface area contributed by atoms with Crippen LogP contribution in [-0.2, 0) is 11.3 Å². The van der Waals surface area contributed by atoms with Crippen LogP contribution in [0.25, 0.3) is 0 Å². The second-order valence-corrected chi connectivity index (χ2v) is 4.61. The van der Waals surface area contributed by atoms with Crippen LogP contribution in [0.5, 0.6) is 0 Å². The Kier molecular flexibility index (Phi) is 4.46. The molecule has 1 rings (SSSR count). The molecule has 0 atom stereocenters. The summed E-state index contributed by atoms with van der Waals surface area (Å²) in [4.78, 5) is 0. The quantitative estimate of drug-likeness (QED) is 0.644. The Morgan fingerprint density at radius 3 is 2.44 bits per heavy atom. The van der Waals surface area contributed by atoms with E-state index in [1.165, 1.54) is 6.92 Å². The van der Waals surface area contributed by atoms with Gasteiger partial charge in [0.1, 0.15) is 6.61 Å². The van der Waals surface area contributed by atoms with E-state index >= 15 is 0 Å². The maximum atomic E-state index is 13.2. The predicted octanol–water partition coefficient (Wildman–Crippen LogP) is 3.61. The summed E-state index contributed by atoms with van der Waals surface area (Å²) in [7, 11) is 0.